The van der Waals surface area contributed by atoms with E-state index >= 15 is 0 Å². The van der Waals surface area contributed by atoms with E-state index in [0.29, 0.717) is 16.1 Å². The van der Waals surface area contributed by atoms with Crippen molar-refractivity contribution in [1.29, 1.82) is 5.26 Å². The van der Waals surface area contributed by atoms with E-state index in [2.05, 4.69) is 5.32 Å². The molecule has 1 atom stereocenters. The average Bonchev–Trinajstić information content (AvgIpc) is 2.83. The molecule has 0 aliphatic heterocycles. The van der Waals surface area contributed by atoms with Crippen molar-refractivity contribution < 1.29 is 18.0 Å². The van der Waals surface area contributed by atoms with Gasteiger partial charge in [-0.1, -0.05) is 78.3 Å². The van der Waals surface area contributed by atoms with Crippen LogP contribution in [-0.4, -0.2) is 32.4 Å². The van der Waals surface area contributed by atoms with Crippen LogP contribution in [0, 0.1) is 17.2 Å². The Bertz CT molecular complexity index is 1280. The highest BCUT2D eigenvalue weighted by molar-refractivity contribution is 7.90. The number of sulfone groups is 1. The summed E-state index contributed by atoms with van der Waals surface area (Å²) in [6.45, 7) is -0.266. The number of hydrogen-bond acceptors (Lipinski definition) is 5. The lowest BCUT2D eigenvalue weighted by atomic mass is 9.97. The fourth-order valence-electron chi connectivity index (χ4n) is 3.52. The van der Waals surface area contributed by atoms with E-state index in [0.717, 1.165) is 11.1 Å². The van der Waals surface area contributed by atoms with Crippen LogP contribution in [0.5, 0.6) is 0 Å². The van der Waals surface area contributed by atoms with Gasteiger partial charge < -0.3 is 5.32 Å². The second-order valence-electron chi connectivity index (χ2n) is 7.82. The quantitative estimate of drug-likeness (QED) is 0.331. The van der Waals surface area contributed by atoms with Crippen LogP contribution in [0.1, 0.15) is 22.3 Å². The van der Waals surface area contributed by atoms with Crippen LogP contribution in [0.3, 0.4) is 0 Å². The van der Waals surface area contributed by atoms with Gasteiger partial charge in [0.25, 0.3) is 0 Å². The maximum absolute atomic E-state index is 12.9. The normalized spacial score (nSPS) is 11.9. The van der Waals surface area contributed by atoms with Crippen LogP contribution < -0.4 is 5.32 Å². The van der Waals surface area contributed by atoms with Gasteiger partial charge in [-0.25, -0.2) is 8.42 Å². The van der Waals surface area contributed by atoms with Crippen molar-refractivity contribution in [2.24, 2.45) is 5.92 Å². The molecule has 0 aliphatic rings. The van der Waals surface area contributed by atoms with E-state index in [1.54, 1.807) is 72.8 Å². The predicted octanol–water partition coefficient (Wildman–Crippen LogP) is 4.45. The maximum Gasteiger partial charge on any atom is 0.225 e. The van der Waals surface area contributed by atoms with Crippen molar-refractivity contribution in [2.75, 3.05) is 12.3 Å². The smallest absolute Gasteiger partial charge is 0.225 e. The number of Topliss-reactive ketones (excluding diaryl/α,β-unsaturated/α-hetero) is 1. The van der Waals surface area contributed by atoms with Gasteiger partial charge in [0.1, 0.15) is 6.54 Å². The molecule has 3 aromatic rings. The molecule has 0 fully saturated rings. The summed E-state index contributed by atoms with van der Waals surface area (Å²) in [5.74, 6) is -2.82. The summed E-state index contributed by atoms with van der Waals surface area (Å²) < 4.78 is 25.5. The molecule has 0 bridgehead atoms. The van der Waals surface area contributed by atoms with Crippen molar-refractivity contribution in [2.45, 2.75) is 12.2 Å². The fourth-order valence-corrected chi connectivity index (χ4v) is 5.35. The number of benzene rings is 3. The zero-order valence-electron chi connectivity index (χ0n) is 18.3. The number of rotatable bonds is 10. The Morgan fingerprint density at radius 2 is 1.50 bits per heavy atom. The van der Waals surface area contributed by atoms with Crippen LogP contribution in [-0.2, 0) is 20.4 Å². The molecule has 0 aliphatic carbocycles. The molecule has 0 saturated carbocycles. The molecule has 8 heteroatoms. The first-order chi connectivity index (χ1) is 16.3. The minimum Gasteiger partial charge on any atom is -0.343 e. The minimum absolute atomic E-state index is 0.236. The maximum atomic E-state index is 12.9. The van der Waals surface area contributed by atoms with Crippen molar-refractivity contribution >= 4 is 33.1 Å². The largest absolute Gasteiger partial charge is 0.343 e. The van der Waals surface area contributed by atoms with Gasteiger partial charge in [-0.3, -0.25) is 9.59 Å². The van der Waals surface area contributed by atoms with Gasteiger partial charge in [0, 0.05) is 17.0 Å². The first kappa shape index (κ1) is 25.2. The van der Waals surface area contributed by atoms with Gasteiger partial charge in [0.05, 0.1) is 23.5 Å². The van der Waals surface area contributed by atoms with Gasteiger partial charge >= 0.3 is 0 Å². The Morgan fingerprint density at radius 3 is 2.09 bits per heavy atom. The SMILES string of the molecule is N#CCNC(=O)C(CC(=O)c1ccc(-c2ccc(Cl)cc2)cc1)CS(=O)(=O)Cc1ccccc1. The molecule has 0 heterocycles. The van der Waals surface area contributed by atoms with E-state index in [1.807, 2.05) is 12.1 Å². The molecule has 0 radical (unpaired) electrons. The Kier molecular flexibility index (Phi) is 8.58. The van der Waals surface area contributed by atoms with Gasteiger partial charge in [0.15, 0.2) is 15.6 Å². The number of hydrogen-bond donors (Lipinski definition) is 1. The van der Waals surface area contributed by atoms with Crippen LogP contribution in [0.25, 0.3) is 11.1 Å². The molecule has 6 nitrogen and oxygen atoms in total. The van der Waals surface area contributed by atoms with E-state index < -0.39 is 27.4 Å². The lowest BCUT2D eigenvalue weighted by molar-refractivity contribution is -0.124. The Balaban J connectivity index is 1.74. The van der Waals surface area contributed by atoms with Crippen LogP contribution in [0.2, 0.25) is 5.02 Å². The number of carbonyl (C=O) groups excluding carboxylic acids is 2. The second-order valence-corrected chi connectivity index (χ2v) is 10.4. The molecular formula is C26H23ClN2O4S. The van der Waals surface area contributed by atoms with E-state index in [9.17, 15) is 18.0 Å². The molecule has 0 saturated heterocycles. The zero-order chi connectivity index (χ0) is 24.6. The summed E-state index contributed by atoms with van der Waals surface area (Å²) >= 11 is 5.92. The van der Waals surface area contributed by atoms with E-state index in [-0.39, 0.29) is 24.5 Å². The predicted molar refractivity (Wildman–Crippen MR) is 132 cm³/mol. The summed E-state index contributed by atoms with van der Waals surface area (Å²) in [7, 11) is -3.68. The highest BCUT2D eigenvalue weighted by Gasteiger charge is 2.28. The third kappa shape index (κ3) is 7.27. The standard InChI is InChI=1S/C26H23ClN2O4S/c27-24-12-10-21(11-13-24)20-6-8-22(9-7-20)25(30)16-23(26(31)29-15-14-28)18-34(32,33)17-19-4-2-1-3-5-19/h1-13,23H,15-18H2,(H,29,31). The number of nitrogens with zero attached hydrogens (tertiary/aromatic N) is 1. The lowest BCUT2D eigenvalue weighted by Gasteiger charge is -2.16. The number of nitrogens with one attached hydrogen (secondary N) is 1. The summed E-state index contributed by atoms with van der Waals surface area (Å²) in [5, 5.41) is 11.8. The molecule has 3 aromatic carbocycles. The minimum atomic E-state index is -3.68. The highest BCUT2D eigenvalue weighted by atomic mass is 35.5. The third-order valence-electron chi connectivity index (χ3n) is 5.21. The Hall–Kier alpha value is -3.47. The van der Waals surface area contributed by atoms with Gasteiger partial charge in [0.2, 0.25) is 5.91 Å². The highest BCUT2D eigenvalue weighted by Crippen LogP contribution is 2.23. The molecule has 34 heavy (non-hydrogen) atoms. The van der Waals surface area contributed by atoms with Crippen LogP contribution >= 0.6 is 11.6 Å². The molecule has 0 aromatic heterocycles. The number of nitriles is 1. The zero-order valence-corrected chi connectivity index (χ0v) is 19.9. The summed E-state index contributed by atoms with van der Waals surface area (Å²) in [6, 6.07) is 24.6. The molecule has 1 unspecified atom stereocenters. The first-order valence-corrected chi connectivity index (χ1v) is 12.8. The Labute approximate surface area is 204 Å². The summed E-state index contributed by atoms with van der Waals surface area (Å²) in [4.78, 5) is 25.5. The molecule has 1 amide bonds. The lowest BCUT2D eigenvalue weighted by Crippen LogP contribution is -2.36. The van der Waals surface area contributed by atoms with Crippen molar-refractivity contribution in [3.05, 3.63) is 95.0 Å². The number of amides is 1. The Morgan fingerprint density at radius 1 is 0.912 bits per heavy atom. The molecule has 174 valence electrons. The van der Waals surface area contributed by atoms with Crippen LogP contribution in [0.15, 0.2) is 78.9 Å². The molecular weight excluding hydrogens is 472 g/mol. The van der Waals surface area contributed by atoms with Crippen LogP contribution in [0.4, 0.5) is 0 Å². The van der Waals surface area contributed by atoms with E-state index in [1.165, 1.54) is 0 Å². The molecule has 3 rings (SSSR count). The molecule has 0 spiro atoms. The van der Waals surface area contributed by atoms with Crippen molar-refractivity contribution in [1.82, 2.24) is 5.32 Å². The van der Waals surface area contributed by atoms with E-state index in [4.69, 9.17) is 16.9 Å². The second kappa shape index (κ2) is 11.6. The summed E-state index contributed by atoms with van der Waals surface area (Å²) in [6.07, 6.45) is -0.286. The van der Waals surface area contributed by atoms with Gasteiger partial charge in [-0.2, -0.15) is 5.26 Å². The number of ketones is 1. The van der Waals surface area contributed by atoms with Crippen molar-refractivity contribution in [3.63, 3.8) is 0 Å². The monoisotopic (exact) mass is 494 g/mol. The first-order valence-electron chi connectivity index (χ1n) is 10.6. The van der Waals surface area contributed by atoms with Crippen molar-refractivity contribution in [3.8, 4) is 17.2 Å². The van der Waals surface area contributed by atoms with Gasteiger partial charge in [-0.05, 0) is 28.8 Å². The molecule has 1 N–H and O–H groups in total. The van der Waals surface area contributed by atoms with Gasteiger partial charge in [-0.15, -0.1) is 0 Å². The number of halogens is 1. The summed E-state index contributed by atoms with van der Waals surface area (Å²) in [5.41, 5.74) is 2.80. The number of carbonyl (C=O) groups is 2. The third-order valence-corrected chi connectivity index (χ3v) is 7.15. The topological polar surface area (TPSA) is 104 Å². The average molecular weight is 495 g/mol. The fraction of sp³-hybridized carbons (Fsp3) is 0.192.